The lowest BCUT2D eigenvalue weighted by Crippen LogP contribution is -2.55. The quantitative estimate of drug-likeness (QED) is 0.192. The Labute approximate surface area is 265 Å². The summed E-state index contributed by atoms with van der Waals surface area (Å²) in [5.41, 5.74) is 6.31. The Morgan fingerprint density at radius 1 is 0.956 bits per heavy atom. The summed E-state index contributed by atoms with van der Waals surface area (Å²) in [6.07, 6.45) is 2.98. The minimum absolute atomic E-state index is 0.0810. The second-order valence-corrected chi connectivity index (χ2v) is 14.2. The molecule has 240 valence electrons. The number of rotatable bonds is 9. The van der Waals surface area contributed by atoms with Crippen molar-refractivity contribution in [3.05, 3.63) is 77.3 Å². The van der Waals surface area contributed by atoms with Gasteiger partial charge in [0, 0.05) is 46.6 Å². The number of benzene rings is 3. The molecule has 1 aliphatic heterocycles. The first kappa shape index (κ1) is 31.9. The van der Waals surface area contributed by atoms with Crippen LogP contribution in [0.25, 0.3) is 21.9 Å². The molecule has 12 heteroatoms. The highest BCUT2D eigenvalue weighted by atomic mass is 35.5. The summed E-state index contributed by atoms with van der Waals surface area (Å²) in [4.78, 5) is 23.5. The normalized spacial score (nSPS) is 18.8. The third kappa shape index (κ3) is 6.59. The van der Waals surface area contributed by atoms with E-state index < -0.39 is 45.4 Å². The fraction of sp³-hybridized carbons (Fsp3) is 0.424. The Balaban J connectivity index is 1.42. The Hall–Kier alpha value is -3.09. The molecule has 45 heavy (non-hydrogen) atoms. The minimum atomic E-state index is -4.23. The van der Waals surface area contributed by atoms with Gasteiger partial charge in [0.15, 0.2) is 0 Å². The van der Waals surface area contributed by atoms with Crippen molar-refractivity contribution in [2.24, 2.45) is 17.6 Å². The Morgan fingerprint density at radius 3 is 2.29 bits per heavy atom. The predicted octanol–water partition coefficient (Wildman–Crippen LogP) is 6.76. The number of amides is 1. The number of fused-ring (bicyclic) bond motifs is 3. The summed E-state index contributed by atoms with van der Waals surface area (Å²) in [5.74, 6) is -7.06. The van der Waals surface area contributed by atoms with Gasteiger partial charge in [0.25, 0.3) is 15.9 Å². The van der Waals surface area contributed by atoms with Crippen LogP contribution >= 0.6 is 11.6 Å². The summed E-state index contributed by atoms with van der Waals surface area (Å²) >= 11 is 6.13. The molecule has 1 amide bonds. The van der Waals surface area contributed by atoms with Crippen molar-refractivity contribution in [2.75, 3.05) is 13.1 Å². The molecule has 1 saturated carbocycles. The molecular formula is C33H36ClF2N3O5S. The van der Waals surface area contributed by atoms with Crippen LogP contribution in [0.5, 0.6) is 0 Å². The fourth-order valence-corrected chi connectivity index (χ4v) is 7.63. The van der Waals surface area contributed by atoms with Crippen LogP contribution in [-0.4, -0.2) is 44.5 Å². The van der Waals surface area contributed by atoms with Crippen LogP contribution in [0.15, 0.2) is 76.0 Å². The Kier molecular flexibility index (Phi) is 9.18. The van der Waals surface area contributed by atoms with Gasteiger partial charge in [-0.05, 0) is 68.0 Å². The van der Waals surface area contributed by atoms with Crippen LogP contribution in [0.3, 0.4) is 0 Å². The zero-order valence-electron chi connectivity index (χ0n) is 24.6. The van der Waals surface area contributed by atoms with Gasteiger partial charge < -0.3 is 15.1 Å². The summed E-state index contributed by atoms with van der Waals surface area (Å²) in [6, 6.07) is 16.6. The number of nitrogens with zero attached hydrogens (tertiary/aromatic N) is 1. The van der Waals surface area contributed by atoms with Crippen molar-refractivity contribution in [3.8, 4) is 0 Å². The summed E-state index contributed by atoms with van der Waals surface area (Å²) in [6.45, 7) is 0.451. The lowest BCUT2D eigenvalue weighted by Gasteiger charge is -2.41. The molecule has 8 nitrogen and oxygen atoms in total. The van der Waals surface area contributed by atoms with Gasteiger partial charge in [-0.25, -0.2) is 17.2 Å². The van der Waals surface area contributed by atoms with Gasteiger partial charge in [-0.3, -0.25) is 9.63 Å². The molecule has 2 heterocycles. The molecule has 2 atom stereocenters. The molecular weight excluding hydrogens is 624 g/mol. The van der Waals surface area contributed by atoms with Gasteiger partial charge in [0.1, 0.15) is 23.2 Å². The van der Waals surface area contributed by atoms with E-state index in [4.69, 9.17) is 26.6 Å². The van der Waals surface area contributed by atoms with Crippen LogP contribution in [0, 0.1) is 11.8 Å². The van der Waals surface area contributed by atoms with Gasteiger partial charge >= 0.3 is 0 Å². The molecule has 1 saturated heterocycles. The maximum Gasteiger partial charge on any atom is 0.287 e. The maximum atomic E-state index is 17.1. The molecule has 2 fully saturated rings. The first-order valence-electron chi connectivity index (χ1n) is 15.3. The van der Waals surface area contributed by atoms with Crippen molar-refractivity contribution in [2.45, 2.75) is 67.9 Å². The molecule has 2 unspecified atom stereocenters. The topological polar surface area (TPSA) is 115 Å². The molecule has 4 aromatic rings. The first-order chi connectivity index (χ1) is 21.5. The monoisotopic (exact) mass is 659 g/mol. The van der Waals surface area contributed by atoms with Crippen LogP contribution in [0.4, 0.5) is 8.78 Å². The number of hydrogen-bond donors (Lipinski definition) is 2. The molecule has 0 radical (unpaired) electrons. The number of carbonyl (C=O) groups excluding carboxylic acids is 1. The number of alkyl halides is 2. The molecule has 6 rings (SSSR count). The zero-order valence-corrected chi connectivity index (χ0v) is 26.2. The van der Waals surface area contributed by atoms with Crippen LogP contribution in [0.1, 0.15) is 50.5 Å². The highest BCUT2D eigenvalue weighted by Gasteiger charge is 2.55. The largest absolute Gasteiger partial charge is 0.456 e. The van der Waals surface area contributed by atoms with Gasteiger partial charge in [0.05, 0.1) is 4.90 Å². The van der Waals surface area contributed by atoms with Gasteiger partial charge in [-0.2, -0.15) is 0 Å². The lowest BCUT2D eigenvalue weighted by molar-refractivity contribution is -0.183. The molecule has 3 aromatic carbocycles. The smallest absolute Gasteiger partial charge is 0.287 e. The number of carbonyl (C=O) groups is 1. The van der Waals surface area contributed by atoms with Crippen molar-refractivity contribution >= 4 is 49.5 Å². The molecule has 0 bridgehead atoms. The zero-order chi connectivity index (χ0) is 31.8. The fourth-order valence-electron chi connectivity index (χ4n) is 6.62. The average molecular weight is 660 g/mol. The maximum absolute atomic E-state index is 17.1. The molecule has 0 spiro atoms. The van der Waals surface area contributed by atoms with Crippen LogP contribution < -0.4 is 10.6 Å². The molecule has 3 N–H and O–H groups in total. The summed E-state index contributed by atoms with van der Waals surface area (Å²) < 4.78 is 66.5. The van der Waals surface area contributed by atoms with E-state index in [9.17, 15) is 13.2 Å². The average Bonchev–Trinajstić information content (AvgIpc) is 3.40. The van der Waals surface area contributed by atoms with E-state index in [1.807, 2.05) is 0 Å². The van der Waals surface area contributed by atoms with E-state index in [1.165, 1.54) is 29.2 Å². The van der Waals surface area contributed by atoms with E-state index in [0.29, 0.717) is 41.7 Å². The predicted molar refractivity (Wildman–Crippen MR) is 168 cm³/mol. The number of nitrogens with one attached hydrogen (secondary N) is 1. The van der Waals surface area contributed by atoms with Gasteiger partial charge in [-0.15, -0.1) is 0 Å². The number of furan rings is 1. The second kappa shape index (κ2) is 13.0. The van der Waals surface area contributed by atoms with Crippen LogP contribution in [-0.2, 0) is 25.6 Å². The van der Waals surface area contributed by atoms with Crippen molar-refractivity contribution in [1.82, 2.24) is 9.79 Å². The van der Waals surface area contributed by atoms with Crippen molar-refractivity contribution < 1.29 is 31.2 Å². The van der Waals surface area contributed by atoms with E-state index in [-0.39, 0.29) is 29.6 Å². The third-order valence-corrected chi connectivity index (χ3v) is 10.6. The van der Waals surface area contributed by atoms with Gasteiger partial charge in [0.2, 0.25) is 5.91 Å². The summed E-state index contributed by atoms with van der Waals surface area (Å²) in [5, 5.41) is 1.80. The van der Waals surface area contributed by atoms with Crippen molar-refractivity contribution in [1.29, 1.82) is 0 Å². The standard InChI is InChI=1S/C33H36ClF2N3O5S/c34-23-12-14-27-26-13-11-22(19-28(26)43-29(27)20-23)33(35,36)30(32(40)39-17-15-24(37)16-18-39)31(21-7-3-1-4-8-21)44-38-45(41,42)25-9-5-2-6-10-25/h2,5-6,9-14,19-21,24,30-31,38H,1,3-4,7-8,15-18,37H2. The van der Waals surface area contributed by atoms with Crippen molar-refractivity contribution in [3.63, 3.8) is 0 Å². The van der Waals surface area contributed by atoms with Gasteiger partial charge in [-0.1, -0.05) is 60.0 Å². The molecule has 1 aromatic heterocycles. The number of sulfonamides is 1. The van der Waals surface area contributed by atoms with E-state index in [1.54, 1.807) is 42.5 Å². The highest BCUT2D eigenvalue weighted by Crippen LogP contribution is 2.46. The Bertz CT molecular complexity index is 1770. The number of halogens is 3. The number of likely N-dealkylation sites (tertiary alicyclic amines) is 1. The number of hydrogen-bond acceptors (Lipinski definition) is 6. The SMILES string of the molecule is NC1CCN(C(=O)C(C(ONS(=O)(=O)c2ccccc2)C2CCCCC2)C(F)(F)c2ccc3c(c2)oc2cc(Cl)ccc23)CC1. The molecule has 1 aliphatic carbocycles. The lowest BCUT2D eigenvalue weighted by atomic mass is 9.76. The minimum Gasteiger partial charge on any atom is -0.456 e. The van der Waals surface area contributed by atoms with Crippen LogP contribution in [0.2, 0.25) is 5.02 Å². The molecule has 2 aliphatic rings. The third-order valence-electron chi connectivity index (χ3n) is 9.12. The van der Waals surface area contributed by atoms with E-state index >= 15 is 8.78 Å². The van der Waals surface area contributed by atoms with E-state index in [0.717, 1.165) is 24.6 Å². The highest BCUT2D eigenvalue weighted by molar-refractivity contribution is 7.89. The number of nitrogens with two attached hydrogens (primary N) is 1. The first-order valence-corrected chi connectivity index (χ1v) is 17.2. The second-order valence-electron chi connectivity index (χ2n) is 12.1. The van der Waals surface area contributed by atoms with E-state index in [2.05, 4.69) is 4.89 Å². The number of piperidine rings is 1. The summed E-state index contributed by atoms with van der Waals surface area (Å²) in [7, 11) is -4.23. The Morgan fingerprint density at radius 2 is 1.60 bits per heavy atom.